The van der Waals surface area contributed by atoms with Crippen molar-refractivity contribution < 1.29 is 4.79 Å². The van der Waals surface area contributed by atoms with Crippen molar-refractivity contribution in [3.63, 3.8) is 0 Å². The minimum Gasteiger partial charge on any atom is -0.353 e. The second-order valence-electron chi connectivity index (χ2n) is 5.97. The van der Waals surface area contributed by atoms with Crippen LogP contribution in [0.25, 0.3) is 11.4 Å². The second-order valence-corrected chi connectivity index (χ2v) is 5.97. The molecule has 0 radical (unpaired) electrons. The summed E-state index contributed by atoms with van der Waals surface area (Å²) in [6, 6.07) is 11.8. The molecule has 0 N–H and O–H groups in total. The summed E-state index contributed by atoms with van der Waals surface area (Å²) < 4.78 is 0. The Bertz CT molecular complexity index is 879. The number of carbonyl (C=O) groups excluding carboxylic acids is 1. The molecule has 1 aliphatic rings. The molecule has 7 nitrogen and oxygen atoms in total. The highest BCUT2D eigenvalue weighted by Crippen LogP contribution is 2.19. The fourth-order valence-electron chi connectivity index (χ4n) is 2.96. The van der Waals surface area contributed by atoms with Crippen molar-refractivity contribution in [3.05, 3.63) is 66.9 Å². The van der Waals surface area contributed by atoms with E-state index in [1.54, 1.807) is 17.3 Å². The van der Waals surface area contributed by atoms with Gasteiger partial charge in [0.1, 0.15) is 11.5 Å². The van der Waals surface area contributed by atoms with E-state index in [2.05, 4.69) is 24.8 Å². The molecule has 0 saturated carbocycles. The lowest BCUT2D eigenvalue weighted by Gasteiger charge is -2.35. The molecule has 0 spiro atoms. The molecule has 1 saturated heterocycles. The van der Waals surface area contributed by atoms with E-state index in [4.69, 9.17) is 0 Å². The van der Waals surface area contributed by atoms with E-state index in [1.165, 1.54) is 12.4 Å². The number of benzene rings is 1. The molecule has 7 heteroatoms. The van der Waals surface area contributed by atoms with Gasteiger partial charge in [-0.3, -0.25) is 9.78 Å². The first-order chi connectivity index (χ1) is 12.8. The summed E-state index contributed by atoms with van der Waals surface area (Å²) >= 11 is 0. The lowest BCUT2D eigenvalue weighted by atomic mass is 10.2. The van der Waals surface area contributed by atoms with Gasteiger partial charge in [-0.25, -0.2) is 15.0 Å². The van der Waals surface area contributed by atoms with Crippen LogP contribution in [0.5, 0.6) is 0 Å². The summed E-state index contributed by atoms with van der Waals surface area (Å²) in [7, 11) is 0. The molecule has 0 bridgehead atoms. The van der Waals surface area contributed by atoms with E-state index in [-0.39, 0.29) is 5.91 Å². The van der Waals surface area contributed by atoms with Crippen molar-refractivity contribution in [1.29, 1.82) is 0 Å². The molecule has 1 aromatic carbocycles. The summed E-state index contributed by atoms with van der Waals surface area (Å²) in [5.41, 5.74) is 1.38. The van der Waals surface area contributed by atoms with Gasteiger partial charge in [-0.1, -0.05) is 30.3 Å². The van der Waals surface area contributed by atoms with Crippen LogP contribution in [0.15, 0.2) is 61.2 Å². The van der Waals surface area contributed by atoms with Gasteiger partial charge in [0.05, 0.1) is 6.20 Å². The summed E-state index contributed by atoms with van der Waals surface area (Å²) in [6.45, 7) is 2.69. The van der Waals surface area contributed by atoms with Crippen LogP contribution in [-0.2, 0) is 0 Å². The minimum atomic E-state index is -0.0783. The van der Waals surface area contributed by atoms with Crippen molar-refractivity contribution in [1.82, 2.24) is 24.8 Å². The third-order valence-corrected chi connectivity index (χ3v) is 4.35. The third-order valence-electron chi connectivity index (χ3n) is 4.35. The smallest absolute Gasteiger partial charge is 0.274 e. The highest BCUT2D eigenvalue weighted by Gasteiger charge is 2.23. The van der Waals surface area contributed by atoms with Crippen molar-refractivity contribution in [2.45, 2.75) is 0 Å². The van der Waals surface area contributed by atoms with Crippen LogP contribution in [0.2, 0.25) is 0 Å². The molecule has 0 atom stereocenters. The molecule has 0 aliphatic carbocycles. The highest BCUT2D eigenvalue weighted by atomic mass is 16.2. The Balaban J connectivity index is 1.45. The van der Waals surface area contributed by atoms with Crippen molar-refractivity contribution in [2.75, 3.05) is 31.1 Å². The van der Waals surface area contributed by atoms with Gasteiger partial charge in [0, 0.05) is 50.3 Å². The first-order valence-corrected chi connectivity index (χ1v) is 8.50. The summed E-state index contributed by atoms with van der Waals surface area (Å²) in [5.74, 6) is 1.51. The average Bonchev–Trinajstić information content (AvgIpc) is 2.75. The number of nitrogens with zero attached hydrogens (tertiary/aromatic N) is 6. The van der Waals surface area contributed by atoms with Crippen LogP contribution in [0.3, 0.4) is 0 Å². The Kier molecular flexibility index (Phi) is 4.51. The van der Waals surface area contributed by atoms with E-state index in [0.717, 1.165) is 24.5 Å². The SMILES string of the molecule is O=C(c1cnccn1)N1CCN(c2ccnc(-c3ccccc3)n2)CC1. The molecule has 1 aliphatic heterocycles. The molecular formula is C19H18N6O. The fourth-order valence-corrected chi connectivity index (χ4v) is 2.96. The van der Waals surface area contributed by atoms with Crippen LogP contribution in [0.4, 0.5) is 5.82 Å². The standard InChI is InChI=1S/C19H18N6O/c26-19(16-14-20-8-9-21-16)25-12-10-24(11-13-25)17-6-7-22-18(23-17)15-4-2-1-3-5-15/h1-9,14H,10-13H2. The molecular weight excluding hydrogens is 328 g/mol. The van der Waals surface area contributed by atoms with E-state index in [9.17, 15) is 4.79 Å². The molecule has 2 aromatic heterocycles. The lowest BCUT2D eigenvalue weighted by molar-refractivity contribution is 0.0740. The number of aromatic nitrogens is 4. The zero-order valence-corrected chi connectivity index (χ0v) is 14.2. The molecule has 3 aromatic rings. The largest absolute Gasteiger partial charge is 0.353 e. The first-order valence-electron chi connectivity index (χ1n) is 8.50. The fraction of sp³-hybridized carbons (Fsp3) is 0.211. The maximum atomic E-state index is 12.5. The van der Waals surface area contributed by atoms with E-state index in [1.807, 2.05) is 36.4 Å². The summed E-state index contributed by atoms with van der Waals surface area (Å²) in [4.78, 5) is 33.5. The maximum absolute atomic E-state index is 12.5. The Morgan fingerprint density at radius 1 is 0.885 bits per heavy atom. The van der Waals surface area contributed by atoms with Gasteiger partial charge in [-0.2, -0.15) is 0 Å². The number of hydrogen-bond acceptors (Lipinski definition) is 6. The molecule has 1 fully saturated rings. The maximum Gasteiger partial charge on any atom is 0.274 e. The van der Waals surface area contributed by atoms with Gasteiger partial charge in [0.2, 0.25) is 0 Å². The third kappa shape index (κ3) is 3.37. The van der Waals surface area contributed by atoms with Gasteiger partial charge >= 0.3 is 0 Å². The monoisotopic (exact) mass is 346 g/mol. The number of rotatable bonds is 3. The second kappa shape index (κ2) is 7.26. The number of amides is 1. The number of carbonyl (C=O) groups is 1. The van der Waals surface area contributed by atoms with Crippen LogP contribution in [-0.4, -0.2) is 56.9 Å². The van der Waals surface area contributed by atoms with Crippen LogP contribution < -0.4 is 4.90 Å². The molecule has 3 heterocycles. The molecule has 130 valence electrons. The highest BCUT2D eigenvalue weighted by molar-refractivity contribution is 5.92. The molecule has 4 rings (SSSR count). The predicted octanol–water partition coefficient (Wildman–Crippen LogP) is 1.90. The Morgan fingerprint density at radius 2 is 1.69 bits per heavy atom. The summed E-state index contributed by atoms with van der Waals surface area (Å²) in [6.07, 6.45) is 6.39. The van der Waals surface area contributed by atoms with Gasteiger partial charge in [-0.05, 0) is 6.07 Å². The number of anilines is 1. The van der Waals surface area contributed by atoms with Crippen molar-refractivity contribution in [3.8, 4) is 11.4 Å². The zero-order valence-electron chi connectivity index (χ0n) is 14.2. The van der Waals surface area contributed by atoms with Gasteiger partial charge < -0.3 is 9.80 Å². The quantitative estimate of drug-likeness (QED) is 0.721. The molecule has 0 unspecified atom stereocenters. The van der Waals surface area contributed by atoms with Crippen molar-refractivity contribution in [2.24, 2.45) is 0 Å². The summed E-state index contributed by atoms with van der Waals surface area (Å²) in [5, 5.41) is 0. The van der Waals surface area contributed by atoms with Crippen LogP contribution in [0, 0.1) is 0 Å². The Labute approximate surface area is 151 Å². The van der Waals surface area contributed by atoms with Gasteiger partial charge in [0.15, 0.2) is 5.82 Å². The lowest BCUT2D eigenvalue weighted by Crippen LogP contribution is -2.49. The topological polar surface area (TPSA) is 75.1 Å². The first kappa shape index (κ1) is 16.1. The number of hydrogen-bond donors (Lipinski definition) is 0. The van der Waals surface area contributed by atoms with E-state index < -0.39 is 0 Å². The number of piperazine rings is 1. The minimum absolute atomic E-state index is 0.0783. The molecule has 26 heavy (non-hydrogen) atoms. The van der Waals surface area contributed by atoms with E-state index in [0.29, 0.717) is 24.6 Å². The normalized spacial score (nSPS) is 14.3. The predicted molar refractivity (Wildman–Crippen MR) is 97.6 cm³/mol. The Morgan fingerprint density at radius 3 is 2.42 bits per heavy atom. The van der Waals surface area contributed by atoms with E-state index >= 15 is 0 Å². The average molecular weight is 346 g/mol. The van der Waals surface area contributed by atoms with Crippen LogP contribution >= 0.6 is 0 Å². The molecule has 1 amide bonds. The zero-order chi connectivity index (χ0) is 17.8. The van der Waals surface area contributed by atoms with Gasteiger partial charge in [0.25, 0.3) is 5.91 Å². The van der Waals surface area contributed by atoms with Gasteiger partial charge in [-0.15, -0.1) is 0 Å². The Hall–Kier alpha value is -3.35. The van der Waals surface area contributed by atoms with Crippen LogP contribution in [0.1, 0.15) is 10.5 Å². The van der Waals surface area contributed by atoms with Crippen molar-refractivity contribution >= 4 is 11.7 Å².